The van der Waals surface area contributed by atoms with Crippen molar-refractivity contribution in [3.63, 3.8) is 0 Å². The number of rotatable bonds is 5. The van der Waals surface area contributed by atoms with Gasteiger partial charge >= 0.3 is 0 Å². The topological polar surface area (TPSA) is 190 Å². The van der Waals surface area contributed by atoms with E-state index in [1.165, 1.54) is 0 Å². The standard InChI is InChI=1S/C12H22O11/c13-1-4-5(15)6(16)9(19)12(22-4)21-2-3(14)10-7(17)8(18)11(20)23-10/h3-20H,1-2H2/t3-,4-,5-,6+,7-,8-,9-,10-,11-,12+/m1/s1. The van der Waals surface area contributed by atoms with Crippen molar-refractivity contribution in [2.75, 3.05) is 13.2 Å². The van der Waals surface area contributed by atoms with Crippen molar-refractivity contribution in [1.29, 1.82) is 0 Å². The Bertz CT molecular complexity index is 380. The van der Waals surface area contributed by atoms with Crippen molar-refractivity contribution in [2.45, 2.75) is 61.4 Å². The molecule has 2 aliphatic rings. The van der Waals surface area contributed by atoms with Crippen LogP contribution in [0.1, 0.15) is 0 Å². The van der Waals surface area contributed by atoms with Gasteiger partial charge in [-0.2, -0.15) is 0 Å². The van der Waals surface area contributed by atoms with Gasteiger partial charge in [0.05, 0.1) is 13.2 Å². The van der Waals surface area contributed by atoms with Crippen LogP contribution in [0.5, 0.6) is 0 Å². The fourth-order valence-corrected chi connectivity index (χ4v) is 2.50. The molecule has 2 fully saturated rings. The predicted molar refractivity (Wildman–Crippen MR) is 68.6 cm³/mol. The molecule has 2 heterocycles. The van der Waals surface area contributed by atoms with E-state index in [1.807, 2.05) is 0 Å². The fraction of sp³-hybridized carbons (Fsp3) is 1.00. The molecule has 2 saturated heterocycles. The Balaban J connectivity index is 1.89. The Morgan fingerprint density at radius 3 is 2.00 bits per heavy atom. The molecular weight excluding hydrogens is 320 g/mol. The molecule has 0 radical (unpaired) electrons. The lowest BCUT2D eigenvalue weighted by molar-refractivity contribution is -0.306. The maximum atomic E-state index is 9.88. The third-order valence-corrected chi connectivity index (χ3v) is 3.93. The van der Waals surface area contributed by atoms with Crippen LogP contribution >= 0.6 is 0 Å². The van der Waals surface area contributed by atoms with Crippen molar-refractivity contribution >= 4 is 0 Å². The first-order valence-electron chi connectivity index (χ1n) is 7.07. The summed E-state index contributed by atoms with van der Waals surface area (Å²) in [4.78, 5) is 0. The van der Waals surface area contributed by atoms with Crippen LogP contribution in [0.25, 0.3) is 0 Å². The highest BCUT2D eigenvalue weighted by molar-refractivity contribution is 4.91. The zero-order valence-corrected chi connectivity index (χ0v) is 12.0. The van der Waals surface area contributed by atoms with E-state index in [0.29, 0.717) is 0 Å². The van der Waals surface area contributed by atoms with Crippen LogP contribution in [0.4, 0.5) is 0 Å². The van der Waals surface area contributed by atoms with E-state index >= 15 is 0 Å². The summed E-state index contributed by atoms with van der Waals surface area (Å²) in [6.07, 6.45) is -15.0. The van der Waals surface area contributed by atoms with Crippen LogP contribution < -0.4 is 0 Å². The monoisotopic (exact) mass is 342 g/mol. The normalized spacial score (nSPS) is 49.3. The zero-order valence-electron chi connectivity index (χ0n) is 12.0. The molecule has 10 atom stereocenters. The second-order valence-corrected chi connectivity index (χ2v) is 5.57. The molecule has 0 unspecified atom stereocenters. The molecule has 136 valence electrons. The highest BCUT2D eigenvalue weighted by Gasteiger charge is 2.47. The van der Waals surface area contributed by atoms with Gasteiger partial charge in [-0.15, -0.1) is 0 Å². The molecule has 0 spiro atoms. The molecule has 0 aromatic carbocycles. The van der Waals surface area contributed by atoms with Gasteiger partial charge in [0.1, 0.15) is 48.8 Å². The fourth-order valence-electron chi connectivity index (χ4n) is 2.50. The minimum atomic E-state index is -1.66. The Morgan fingerprint density at radius 2 is 1.48 bits per heavy atom. The zero-order chi connectivity index (χ0) is 17.3. The molecule has 0 bridgehead atoms. The summed E-state index contributed by atoms with van der Waals surface area (Å²) >= 11 is 0. The Kier molecular flexibility index (Phi) is 6.27. The van der Waals surface area contributed by atoms with Crippen molar-refractivity contribution in [2.24, 2.45) is 0 Å². The van der Waals surface area contributed by atoms with E-state index in [1.54, 1.807) is 0 Å². The summed E-state index contributed by atoms with van der Waals surface area (Å²) in [5.74, 6) is 0. The van der Waals surface area contributed by atoms with Gasteiger partial charge in [0, 0.05) is 0 Å². The Hall–Kier alpha value is -0.440. The van der Waals surface area contributed by atoms with Gasteiger partial charge in [0.15, 0.2) is 12.6 Å². The Morgan fingerprint density at radius 1 is 0.826 bits per heavy atom. The average molecular weight is 342 g/mol. The smallest absolute Gasteiger partial charge is 0.186 e. The molecule has 2 rings (SSSR count). The highest BCUT2D eigenvalue weighted by atomic mass is 16.7. The molecule has 0 aromatic heterocycles. The summed E-state index contributed by atoms with van der Waals surface area (Å²) in [5.41, 5.74) is 0. The van der Waals surface area contributed by atoms with Gasteiger partial charge in [-0.25, -0.2) is 0 Å². The van der Waals surface area contributed by atoms with Gasteiger partial charge in [0.25, 0.3) is 0 Å². The second-order valence-electron chi connectivity index (χ2n) is 5.57. The van der Waals surface area contributed by atoms with Crippen molar-refractivity contribution in [3.05, 3.63) is 0 Å². The minimum Gasteiger partial charge on any atom is -0.394 e. The van der Waals surface area contributed by atoms with Crippen LogP contribution in [0.15, 0.2) is 0 Å². The molecule has 11 heteroatoms. The van der Waals surface area contributed by atoms with Gasteiger partial charge < -0.3 is 55.1 Å². The predicted octanol–water partition coefficient (Wildman–Crippen LogP) is -5.40. The lowest BCUT2D eigenvalue weighted by Gasteiger charge is -2.40. The Labute approximate surface area is 130 Å². The quantitative estimate of drug-likeness (QED) is 0.238. The second kappa shape index (κ2) is 7.63. The van der Waals surface area contributed by atoms with E-state index in [9.17, 15) is 35.7 Å². The number of ether oxygens (including phenoxy) is 3. The third kappa shape index (κ3) is 3.81. The molecule has 0 saturated carbocycles. The molecule has 0 aromatic rings. The van der Waals surface area contributed by atoms with Gasteiger partial charge in [-0.3, -0.25) is 0 Å². The molecule has 11 nitrogen and oxygen atoms in total. The first kappa shape index (κ1) is 18.9. The molecule has 23 heavy (non-hydrogen) atoms. The van der Waals surface area contributed by atoms with Crippen LogP contribution in [0.3, 0.4) is 0 Å². The van der Waals surface area contributed by atoms with Gasteiger partial charge in [-0.05, 0) is 0 Å². The summed E-state index contributed by atoms with van der Waals surface area (Å²) in [5, 5.41) is 76.1. The van der Waals surface area contributed by atoms with Gasteiger partial charge in [-0.1, -0.05) is 0 Å². The van der Waals surface area contributed by atoms with Gasteiger partial charge in [0.2, 0.25) is 0 Å². The maximum Gasteiger partial charge on any atom is 0.186 e. The summed E-state index contributed by atoms with van der Waals surface area (Å²) in [6, 6.07) is 0. The summed E-state index contributed by atoms with van der Waals surface area (Å²) in [7, 11) is 0. The molecule has 2 aliphatic heterocycles. The summed E-state index contributed by atoms with van der Waals surface area (Å²) < 4.78 is 14.9. The van der Waals surface area contributed by atoms with Crippen molar-refractivity contribution in [1.82, 2.24) is 0 Å². The number of aliphatic hydroxyl groups is 8. The van der Waals surface area contributed by atoms with Crippen molar-refractivity contribution in [3.8, 4) is 0 Å². The van der Waals surface area contributed by atoms with Crippen molar-refractivity contribution < 1.29 is 55.1 Å². The first-order chi connectivity index (χ1) is 10.8. The maximum absolute atomic E-state index is 9.88. The molecule has 0 aliphatic carbocycles. The lowest BCUT2D eigenvalue weighted by Crippen LogP contribution is -2.59. The van der Waals surface area contributed by atoms with E-state index in [4.69, 9.17) is 19.3 Å². The third-order valence-electron chi connectivity index (χ3n) is 3.93. The lowest BCUT2D eigenvalue weighted by atomic mass is 9.99. The minimum absolute atomic E-state index is 0.538. The summed E-state index contributed by atoms with van der Waals surface area (Å²) in [6.45, 7) is -1.17. The van der Waals surface area contributed by atoms with E-state index in [0.717, 1.165) is 0 Å². The molecule has 8 N–H and O–H groups in total. The van der Waals surface area contributed by atoms with Crippen LogP contribution in [0, 0.1) is 0 Å². The number of aliphatic hydroxyl groups excluding tert-OH is 8. The van der Waals surface area contributed by atoms with E-state index < -0.39 is 74.6 Å². The largest absolute Gasteiger partial charge is 0.394 e. The van der Waals surface area contributed by atoms with Crippen LogP contribution in [-0.2, 0) is 14.2 Å². The SMILES string of the molecule is OC[C@H]1O[C@H](OC[C@@H](O)[C@H]2O[C@@H](O)[C@H](O)[C@H]2O)[C@H](O)[C@@H](O)[C@@H]1O. The van der Waals surface area contributed by atoms with E-state index in [2.05, 4.69) is 0 Å². The average Bonchev–Trinajstić information content (AvgIpc) is 2.79. The van der Waals surface area contributed by atoms with Crippen LogP contribution in [-0.4, -0.2) is 115 Å². The number of hydrogen-bond donors (Lipinski definition) is 8. The molecular formula is C12H22O11. The molecule has 0 amide bonds. The van der Waals surface area contributed by atoms with Crippen LogP contribution in [0.2, 0.25) is 0 Å². The van der Waals surface area contributed by atoms with E-state index in [-0.39, 0.29) is 0 Å². The first-order valence-corrected chi connectivity index (χ1v) is 7.07. The highest BCUT2D eigenvalue weighted by Crippen LogP contribution is 2.25. The number of hydrogen-bond acceptors (Lipinski definition) is 11.